The molecule has 2 aliphatic heterocycles. The van der Waals surface area contributed by atoms with Gasteiger partial charge in [-0.2, -0.15) is 5.10 Å². The van der Waals surface area contributed by atoms with Gasteiger partial charge in [-0.3, -0.25) is 10.00 Å². The second-order valence-corrected chi connectivity index (χ2v) is 9.35. The Morgan fingerprint density at radius 3 is 2.64 bits per heavy atom. The number of hydrogen-bond donors (Lipinski definition) is 3. The fraction of sp³-hybridized carbons (Fsp3) is 0.296. The third-order valence-electron chi connectivity index (χ3n) is 6.96. The number of anilines is 2. The van der Waals surface area contributed by atoms with Gasteiger partial charge in [-0.05, 0) is 48.1 Å². The lowest BCUT2D eigenvalue weighted by molar-refractivity contribution is -0.0153. The zero-order valence-electron chi connectivity index (χ0n) is 19.7. The number of fused-ring (bicyclic) bond motifs is 1. The molecule has 2 aromatic carbocycles. The Kier molecular flexibility index (Phi) is 6.18. The van der Waals surface area contributed by atoms with E-state index in [0.717, 1.165) is 60.4 Å². The predicted octanol–water partition coefficient (Wildman–Crippen LogP) is 4.65. The van der Waals surface area contributed by atoms with E-state index in [2.05, 4.69) is 30.4 Å². The van der Waals surface area contributed by atoms with Crippen LogP contribution in [0.5, 0.6) is 0 Å². The molecule has 0 saturated carbocycles. The standard InChI is InChI=1S/C27H27FN6O2/c28-24-14-29-25(33-26(24)32-22-5-3-18(4-6-22)21-12-30-31-13-21)19-1-2-20-16-34(27(35)23(20)11-19)15-17-7-9-36-10-8-17/h1-6,11-14,17,27,35H,7-10,15-16H2,(H,30,31)(H,29,32,33). The van der Waals surface area contributed by atoms with Crippen LogP contribution in [0.25, 0.3) is 22.5 Å². The van der Waals surface area contributed by atoms with Gasteiger partial charge in [0, 0.05) is 54.9 Å². The number of ether oxygens (including phenoxy) is 1. The van der Waals surface area contributed by atoms with Gasteiger partial charge < -0.3 is 15.2 Å². The van der Waals surface area contributed by atoms with Crippen molar-refractivity contribution in [2.45, 2.75) is 25.6 Å². The number of nitrogens with one attached hydrogen (secondary N) is 2. The number of aromatic nitrogens is 4. The lowest BCUT2D eigenvalue weighted by atomic mass is 10.00. The van der Waals surface area contributed by atoms with E-state index in [9.17, 15) is 9.50 Å². The topological polar surface area (TPSA) is 99.2 Å². The summed E-state index contributed by atoms with van der Waals surface area (Å²) in [5.41, 5.74) is 5.37. The van der Waals surface area contributed by atoms with E-state index in [4.69, 9.17) is 4.74 Å². The quantitative estimate of drug-likeness (QED) is 0.365. The van der Waals surface area contributed by atoms with Crippen molar-refractivity contribution in [3.05, 3.63) is 78.0 Å². The van der Waals surface area contributed by atoms with Crippen molar-refractivity contribution in [3.8, 4) is 22.5 Å². The van der Waals surface area contributed by atoms with Crippen LogP contribution in [0.1, 0.15) is 30.2 Å². The molecule has 2 aromatic heterocycles. The number of hydrogen-bond acceptors (Lipinski definition) is 7. The molecule has 0 amide bonds. The molecule has 1 fully saturated rings. The first kappa shape index (κ1) is 22.8. The zero-order chi connectivity index (χ0) is 24.5. The Morgan fingerprint density at radius 2 is 1.86 bits per heavy atom. The van der Waals surface area contributed by atoms with Crippen LogP contribution >= 0.6 is 0 Å². The molecule has 8 nitrogen and oxygen atoms in total. The maximum atomic E-state index is 14.6. The summed E-state index contributed by atoms with van der Waals surface area (Å²) in [6, 6.07) is 13.4. The van der Waals surface area contributed by atoms with Crippen LogP contribution in [0.4, 0.5) is 15.9 Å². The second kappa shape index (κ2) is 9.77. The van der Waals surface area contributed by atoms with Crippen molar-refractivity contribution in [1.82, 2.24) is 25.1 Å². The Labute approximate surface area is 208 Å². The number of aliphatic hydroxyl groups is 1. The van der Waals surface area contributed by atoms with Crippen molar-refractivity contribution < 1.29 is 14.2 Å². The lowest BCUT2D eigenvalue weighted by Gasteiger charge is -2.28. The van der Waals surface area contributed by atoms with Gasteiger partial charge in [0.25, 0.3) is 0 Å². The van der Waals surface area contributed by atoms with E-state index in [1.807, 2.05) is 48.7 Å². The number of halogens is 1. The van der Waals surface area contributed by atoms with E-state index >= 15 is 0 Å². The fourth-order valence-corrected chi connectivity index (χ4v) is 4.93. The Hall–Kier alpha value is -3.66. The van der Waals surface area contributed by atoms with Gasteiger partial charge >= 0.3 is 0 Å². The molecule has 1 atom stereocenters. The van der Waals surface area contributed by atoms with Crippen LogP contribution in [0.15, 0.2) is 61.1 Å². The number of rotatable bonds is 6. The third-order valence-corrected chi connectivity index (χ3v) is 6.96. The minimum atomic E-state index is -0.672. The molecular formula is C27H27FN6O2. The van der Waals surface area contributed by atoms with Gasteiger partial charge in [0.05, 0.1) is 12.4 Å². The van der Waals surface area contributed by atoms with Gasteiger partial charge in [-0.15, -0.1) is 0 Å². The summed E-state index contributed by atoms with van der Waals surface area (Å²) >= 11 is 0. The van der Waals surface area contributed by atoms with Crippen LogP contribution < -0.4 is 5.32 Å². The molecule has 9 heteroatoms. The average Bonchev–Trinajstić information content (AvgIpc) is 3.55. The first-order valence-electron chi connectivity index (χ1n) is 12.2. The van der Waals surface area contributed by atoms with E-state index in [1.54, 1.807) is 6.20 Å². The molecular weight excluding hydrogens is 459 g/mol. The number of aromatic amines is 1. The van der Waals surface area contributed by atoms with Gasteiger partial charge in [-0.25, -0.2) is 14.4 Å². The minimum absolute atomic E-state index is 0.0956. The molecule has 36 heavy (non-hydrogen) atoms. The largest absolute Gasteiger partial charge is 0.381 e. The zero-order valence-corrected chi connectivity index (χ0v) is 19.7. The highest BCUT2D eigenvalue weighted by atomic mass is 19.1. The highest BCUT2D eigenvalue weighted by Crippen LogP contribution is 2.36. The smallest absolute Gasteiger partial charge is 0.184 e. The summed E-state index contributed by atoms with van der Waals surface area (Å²) in [6.45, 7) is 3.13. The molecule has 1 saturated heterocycles. The average molecular weight is 487 g/mol. The molecule has 3 N–H and O–H groups in total. The lowest BCUT2D eigenvalue weighted by Crippen LogP contribution is -2.31. The molecule has 0 spiro atoms. The number of H-pyrrole nitrogens is 1. The first-order chi connectivity index (χ1) is 17.6. The molecule has 4 heterocycles. The van der Waals surface area contributed by atoms with Crippen LogP contribution in [-0.4, -0.2) is 49.9 Å². The summed E-state index contributed by atoms with van der Waals surface area (Å²) in [4.78, 5) is 10.8. The number of nitrogens with zero attached hydrogens (tertiary/aromatic N) is 4. The van der Waals surface area contributed by atoms with Crippen LogP contribution in [0.2, 0.25) is 0 Å². The normalized spacial score (nSPS) is 18.3. The molecule has 2 aliphatic rings. The van der Waals surface area contributed by atoms with Crippen LogP contribution in [0.3, 0.4) is 0 Å². The Bertz CT molecular complexity index is 1340. The molecule has 4 aromatic rings. The summed E-state index contributed by atoms with van der Waals surface area (Å²) < 4.78 is 20.0. The monoisotopic (exact) mass is 486 g/mol. The molecule has 0 radical (unpaired) electrons. The highest BCUT2D eigenvalue weighted by molar-refractivity contribution is 5.67. The van der Waals surface area contributed by atoms with Crippen molar-refractivity contribution in [2.24, 2.45) is 5.92 Å². The predicted molar refractivity (Wildman–Crippen MR) is 134 cm³/mol. The first-order valence-corrected chi connectivity index (χ1v) is 12.2. The van der Waals surface area contributed by atoms with Crippen LogP contribution in [0, 0.1) is 11.7 Å². The SMILES string of the molecule is OC1c2cc(-c3ncc(F)c(Nc4ccc(-c5cn[nH]c5)cc4)n3)ccc2CN1CC1CCOCC1. The molecule has 1 unspecified atom stereocenters. The molecule has 0 bridgehead atoms. The number of aliphatic hydroxyl groups excluding tert-OH is 1. The van der Waals surface area contributed by atoms with E-state index in [0.29, 0.717) is 24.0 Å². The highest BCUT2D eigenvalue weighted by Gasteiger charge is 2.31. The van der Waals surface area contributed by atoms with Crippen molar-refractivity contribution in [1.29, 1.82) is 0 Å². The molecule has 6 rings (SSSR count). The Balaban J connectivity index is 1.20. The van der Waals surface area contributed by atoms with Gasteiger partial charge in [0.2, 0.25) is 0 Å². The van der Waals surface area contributed by atoms with E-state index in [1.165, 1.54) is 6.20 Å². The van der Waals surface area contributed by atoms with E-state index in [-0.39, 0.29) is 5.82 Å². The molecule has 184 valence electrons. The summed E-state index contributed by atoms with van der Waals surface area (Å²) in [6.07, 6.45) is 6.11. The van der Waals surface area contributed by atoms with Gasteiger partial charge in [0.1, 0.15) is 6.23 Å². The third kappa shape index (κ3) is 4.60. The van der Waals surface area contributed by atoms with Crippen molar-refractivity contribution in [2.75, 3.05) is 25.1 Å². The fourth-order valence-electron chi connectivity index (χ4n) is 4.93. The van der Waals surface area contributed by atoms with Crippen LogP contribution in [-0.2, 0) is 11.3 Å². The molecule has 0 aliphatic carbocycles. The summed E-state index contributed by atoms with van der Waals surface area (Å²) in [7, 11) is 0. The summed E-state index contributed by atoms with van der Waals surface area (Å²) in [5, 5.41) is 20.8. The summed E-state index contributed by atoms with van der Waals surface area (Å²) in [5.74, 6) is 0.483. The van der Waals surface area contributed by atoms with E-state index < -0.39 is 12.0 Å². The number of benzene rings is 2. The second-order valence-electron chi connectivity index (χ2n) is 9.35. The minimum Gasteiger partial charge on any atom is -0.381 e. The Morgan fingerprint density at radius 1 is 1.06 bits per heavy atom. The maximum absolute atomic E-state index is 14.6. The maximum Gasteiger partial charge on any atom is 0.184 e. The van der Waals surface area contributed by atoms with Crippen molar-refractivity contribution >= 4 is 11.5 Å². The van der Waals surface area contributed by atoms with Gasteiger partial charge in [0.15, 0.2) is 17.5 Å². The van der Waals surface area contributed by atoms with Crippen molar-refractivity contribution in [3.63, 3.8) is 0 Å². The van der Waals surface area contributed by atoms with Gasteiger partial charge in [-0.1, -0.05) is 24.3 Å².